The molecule has 0 bridgehead atoms. The first-order valence-electron chi connectivity index (χ1n) is 7.49. The molecule has 1 amide bonds. The molecule has 1 heterocycles. The fourth-order valence-corrected chi connectivity index (χ4v) is 2.86. The van der Waals surface area contributed by atoms with Crippen LogP contribution in [0.15, 0.2) is 18.2 Å². The van der Waals surface area contributed by atoms with E-state index in [1.54, 1.807) is 6.07 Å². The van der Waals surface area contributed by atoms with Gasteiger partial charge >= 0.3 is 0 Å². The van der Waals surface area contributed by atoms with Gasteiger partial charge in [-0.3, -0.25) is 9.69 Å². The number of aryl methyl sites for hydroxylation is 1. The van der Waals surface area contributed by atoms with Gasteiger partial charge in [-0.1, -0.05) is 13.0 Å². The highest BCUT2D eigenvalue weighted by molar-refractivity contribution is 5.93. The van der Waals surface area contributed by atoms with E-state index in [2.05, 4.69) is 17.1 Å². The van der Waals surface area contributed by atoms with Gasteiger partial charge in [-0.05, 0) is 49.9 Å². The average Bonchev–Trinajstić information content (AvgIpc) is 2.44. The van der Waals surface area contributed by atoms with Crippen molar-refractivity contribution in [2.24, 2.45) is 11.7 Å². The fourth-order valence-electron chi connectivity index (χ4n) is 2.86. The molecule has 1 aliphatic heterocycles. The lowest BCUT2D eigenvalue weighted by Gasteiger charge is -2.37. The molecule has 0 aromatic heterocycles. The topological polar surface area (TPSA) is 58.4 Å². The molecule has 2 atom stereocenters. The van der Waals surface area contributed by atoms with Gasteiger partial charge in [0, 0.05) is 18.3 Å². The molecule has 4 nitrogen and oxygen atoms in total. The van der Waals surface area contributed by atoms with Crippen molar-refractivity contribution in [1.29, 1.82) is 0 Å². The molecule has 1 aliphatic rings. The summed E-state index contributed by atoms with van der Waals surface area (Å²) in [6, 6.07) is 4.66. The number of benzene rings is 1. The maximum atomic E-state index is 13.2. The number of carbonyl (C=O) groups is 1. The number of nitrogens with one attached hydrogen (secondary N) is 1. The molecule has 0 radical (unpaired) electrons. The van der Waals surface area contributed by atoms with Crippen molar-refractivity contribution in [2.45, 2.75) is 32.7 Å². The van der Waals surface area contributed by atoms with Crippen LogP contribution in [0.4, 0.5) is 10.1 Å². The molecule has 21 heavy (non-hydrogen) atoms. The first kappa shape index (κ1) is 15.9. The summed E-state index contributed by atoms with van der Waals surface area (Å²) in [7, 11) is 0. The van der Waals surface area contributed by atoms with Crippen molar-refractivity contribution in [2.75, 3.05) is 25.0 Å². The first-order chi connectivity index (χ1) is 9.99. The number of piperidine rings is 1. The van der Waals surface area contributed by atoms with Crippen LogP contribution in [0.1, 0.15) is 25.3 Å². The molecule has 1 aromatic carbocycles. The van der Waals surface area contributed by atoms with Gasteiger partial charge in [0.25, 0.3) is 0 Å². The number of likely N-dealkylation sites (tertiary alicyclic amines) is 1. The van der Waals surface area contributed by atoms with Gasteiger partial charge in [-0.2, -0.15) is 0 Å². The van der Waals surface area contributed by atoms with Gasteiger partial charge in [0.1, 0.15) is 5.82 Å². The first-order valence-corrected chi connectivity index (χ1v) is 7.49. The SMILES string of the molecule is Cc1ccc(F)cc1NC(=O)CN1CCC(C)CC1CN. The Morgan fingerprint density at radius 3 is 3.00 bits per heavy atom. The highest BCUT2D eigenvalue weighted by atomic mass is 19.1. The highest BCUT2D eigenvalue weighted by Gasteiger charge is 2.26. The minimum atomic E-state index is -0.345. The Balaban J connectivity index is 1.96. The number of amides is 1. The average molecular weight is 293 g/mol. The molecule has 116 valence electrons. The Hall–Kier alpha value is -1.46. The molecule has 1 aromatic rings. The number of hydrogen-bond donors (Lipinski definition) is 2. The Kier molecular flexibility index (Phi) is 5.31. The van der Waals surface area contributed by atoms with E-state index < -0.39 is 0 Å². The Bertz CT molecular complexity index is 506. The van der Waals surface area contributed by atoms with Gasteiger partial charge in [0.05, 0.1) is 6.54 Å². The molecular weight excluding hydrogens is 269 g/mol. The lowest BCUT2D eigenvalue weighted by atomic mass is 9.92. The monoisotopic (exact) mass is 293 g/mol. The third-order valence-corrected chi connectivity index (χ3v) is 4.19. The fraction of sp³-hybridized carbons (Fsp3) is 0.562. The van der Waals surface area contributed by atoms with Crippen molar-refractivity contribution >= 4 is 11.6 Å². The second kappa shape index (κ2) is 7.00. The van der Waals surface area contributed by atoms with E-state index in [4.69, 9.17) is 5.73 Å². The summed E-state index contributed by atoms with van der Waals surface area (Å²) in [6.07, 6.45) is 2.12. The van der Waals surface area contributed by atoms with Crippen LogP contribution in [0.25, 0.3) is 0 Å². The number of anilines is 1. The van der Waals surface area contributed by atoms with E-state index in [-0.39, 0.29) is 17.8 Å². The minimum absolute atomic E-state index is 0.114. The van der Waals surface area contributed by atoms with E-state index in [1.807, 2.05) is 6.92 Å². The van der Waals surface area contributed by atoms with E-state index >= 15 is 0 Å². The summed E-state index contributed by atoms with van der Waals surface area (Å²) in [5.41, 5.74) is 7.20. The number of nitrogens with two attached hydrogens (primary N) is 1. The third kappa shape index (κ3) is 4.25. The molecule has 1 fully saturated rings. The molecule has 3 N–H and O–H groups in total. The predicted molar refractivity (Wildman–Crippen MR) is 82.6 cm³/mol. The van der Waals surface area contributed by atoms with Crippen molar-refractivity contribution in [1.82, 2.24) is 4.90 Å². The third-order valence-electron chi connectivity index (χ3n) is 4.19. The van der Waals surface area contributed by atoms with E-state index in [9.17, 15) is 9.18 Å². The van der Waals surface area contributed by atoms with Crippen LogP contribution in [-0.2, 0) is 4.79 Å². The van der Waals surface area contributed by atoms with Crippen molar-refractivity contribution < 1.29 is 9.18 Å². The lowest BCUT2D eigenvalue weighted by molar-refractivity contribution is -0.118. The van der Waals surface area contributed by atoms with Crippen LogP contribution in [0.5, 0.6) is 0 Å². The molecular formula is C16H24FN3O. The minimum Gasteiger partial charge on any atom is -0.329 e. The maximum Gasteiger partial charge on any atom is 0.238 e. The molecule has 1 saturated heterocycles. The lowest BCUT2D eigenvalue weighted by Crippen LogP contribution is -2.49. The summed E-state index contributed by atoms with van der Waals surface area (Å²) in [5, 5.41) is 2.79. The molecule has 2 rings (SSSR count). The second-order valence-electron chi connectivity index (χ2n) is 6.00. The van der Waals surface area contributed by atoms with Crippen LogP contribution in [-0.4, -0.2) is 36.5 Å². The Morgan fingerprint density at radius 1 is 1.52 bits per heavy atom. The van der Waals surface area contributed by atoms with E-state index in [1.165, 1.54) is 12.1 Å². The zero-order valence-electron chi connectivity index (χ0n) is 12.7. The number of rotatable bonds is 4. The zero-order valence-corrected chi connectivity index (χ0v) is 12.7. The van der Waals surface area contributed by atoms with Crippen molar-refractivity contribution in [3.05, 3.63) is 29.6 Å². The molecule has 0 spiro atoms. The van der Waals surface area contributed by atoms with Gasteiger partial charge in [0.2, 0.25) is 5.91 Å². The molecule has 0 aliphatic carbocycles. The number of halogens is 1. The zero-order chi connectivity index (χ0) is 15.4. The van der Waals surface area contributed by atoms with Gasteiger partial charge in [-0.25, -0.2) is 4.39 Å². The quantitative estimate of drug-likeness (QED) is 0.894. The van der Waals surface area contributed by atoms with Crippen LogP contribution < -0.4 is 11.1 Å². The smallest absolute Gasteiger partial charge is 0.238 e. The Morgan fingerprint density at radius 2 is 2.29 bits per heavy atom. The second-order valence-corrected chi connectivity index (χ2v) is 6.00. The summed E-state index contributed by atoms with van der Waals surface area (Å²) < 4.78 is 13.2. The summed E-state index contributed by atoms with van der Waals surface area (Å²) in [6.45, 7) is 5.83. The normalized spacial score (nSPS) is 23.0. The van der Waals surface area contributed by atoms with E-state index in [0.717, 1.165) is 24.9 Å². The van der Waals surface area contributed by atoms with Crippen molar-refractivity contribution in [3.63, 3.8) is 0 Å². The molecule has 0 saturated carbocycles. The summed E-state index contributed by atoms with van der Waals surface area (Å²) in [4.78, 5) is 14.3. The van der Waals surface area contributed by atoms with Crippen molar-refractivity contribution in [3.8, 4) is 0 Å². The van der Waals surface area contributed by atoms with Crippen LogP contribution in [0, 0.1) is 18.7 Å². The maximum absolute atomic E-state index is 13.2. The number of nitrogens with zero attached hydrogens (tertiary/aromatic N) is 1. The standard InChI is InChI=1S/C16H24FN3O/c1-11-5-6-20(14(7-11)9-18)10-16(21)19-15-8-13(17)4-3-12(15)2/h3-4,8,11,14H,5-7,9-10,18H2,1-2H3,(H,19,21). The van der Waals surface area contributed by atoms with Crippen LogP contribution in [0.2, 0.25) is 0 Å². The summed E-state index contributed by atoms with van der Waals surface area (Å²) >= 11 is 0. The summed E-state index contributed by atoms with van der Waals surface area (Å²) in [5.74, 6) is 0.197. The van der Waals surface area contributed by atoms with Gasteiger partial charge in [0.15, 0.2) is 0 Å². The van der Waals surface area contributed by atoms with Crippen LogP contribution >= 0.6 is 0 Å². The number of carbonyl (C=O) groups excluding carboxylic acids is 1. The number of hydrogen-bond acceptors (Lipinski definition) is 3. The van der Waals surface area contributed by atoms with Crippen LogP contribution in [0.3, 0.4) is 0 Å². The molecule has 5 heteroatoms. The van der Waals surface area contributed by atoms with Gasteiger partial charge in [-0.15, -0.1) is 0 Å². The van der Waals surface area contributed by atoms with E-state index in [0.29, 0.717) is 24.7 Å². The largest absolute Gasteiger partial charge is 0.329 e. The molecule has 2 unspecified atom stereocenters. The highest BCUT2D eigenvalue weighted by Crippen LogP contribution is 2.22. The van der Waals surface area contributed by atoms with Gasteiger partial charge < -0.3 is 11.1 Å². The Labute approximate surface area is 125 Å². The predicted octanol–water partition coefficient (Wildman–Crippen LogP) is 2.13.